The number of carbonyl (C=O) groups excluding carboxylic acids is 2. The summed E-state index contributed by atoms with van der Waals surface area (Å²) in [6.07, 6.45) is 0.498. The van der Waals surface area contributed by atoms with Gasteiger partial charge >= 0.3 is 0 Å². The van der Waals surface area contributed by atoms with Crippen molar-refractivity contribution < 1.29 is 9.59 Å². The van der Waals surface area contributed by atoms with Crippen LogP contribution in [0.4, 0.5) is 0 Å². The van der Waals surface area contributed by atoms with Gasteiger partial charge in [0.25, 0.3) is 0 Å². The third kappa shape index (κ3) is 5.70. The summed E-state index contributed by atoms with van der Waals surface area (Å²) in [7, 11) is 0. The number of thioether (sulfide) groups is 1. The molecule has 1 atom stereocenters. The molecule has 0 aliphatic carbocycles. The summed E-state index contributed by atoms with van der Waals surface area (Å²) in [5, 5.41) is 3.71. The van der Waals surface area contributed by atoms with Crippen LogP contribution in [-0.2, 0) is 22.6 Å². The molecule has 0 bridgehead atoms. The molecule has 1 aromatic heterocycles. The van der Waals surface area contributed by atoms with Crippen LogP contribution in [0.2, 0.25) is 0 Å². The Morgan fingerprint density at radius 1 is 1.07 bits per heavy atom. The molecule has 0 spiro atoms. The molecule has 152 valence electrons. The maximum absolute atomic E-state index is 12.5. The first-order chi connectivity index (χ1) is 13.9. The van der Waals surface area contributed by atoms with E-state index in [1.165, 1.54) is 18.7 Å². The number of hydrogen-bond donors (Lipinski definition) is 1. The molecule has 2 aromatic carbocycles. The largest absolute Gasteiger partial charge is 0.345 e. The second-order valence-corrected chi connectivity index (χ2v) is 8.54. The molecule has 3 rings (SSSR count). The average Bonchev–Trinajstić information content (AvgIpc) is 3.03. The Balaban J connectivity index is 1.67. The van der Waals surface area contributed by atoms with E-state index in [9.17, 15) is 9.59 Å². The predicted octanol–water partition coefficient (Wildman–Crippen LogP) is 4.10. The van der Waals surface area contributed by atoms with E-state index in [1.807, 2.05) is 48.5 Å². The number of fused-ring (bicyclic) bond motifs is 1. The van der Waals surface area contributed by atoms with Crippen LogP contribution in [0.5, 0.6) is 0 Å². The molecule has 1 amide bonds. The van der Waals surface area contributed by atoms with Gasteiger partial charge in [-0.25, -0.2) is 4.98 Å². The molecular formula is C23H27N3O2S. The molecule has 1 heterocycles. The first-order valence-corrected chi connectivity index (χ1v) is 10.8. The molecule has 6 heteroatoms. The van der Waals surface area contributed by atoms with Crippen LogP contribution in [0.3, 0.4) is 0 Å². The van der Waals surface area contributed by atoms with Gasteiger partial charge in [-0.1, -0.05) is 68.1 Å². The fourth-order valence-electron chi connectivity index (χ4n) is 3.22. The summed E-state index contributed by atoms with van der Waals surface area (Å²) in [6, 6.07) is 17.2. The fourth-order valence-corrected chi connectivity index (χ4v) is 4.05. The summed E-state index contributed by atoms with van der Waals surface area (Å²) in [6.45, 7) is 6.69. The standard InChI is InChI=1S/C23H27N3O2S/c1-16(2)14-26-21-12-8-7-11-19(21)25-23(26)29-15-22(28)24-20(17(3)27)13-18-9-5-4-6-10-18/h4-12,16,20H,13-15H2,1-3H3,(H,24,28)/t20-/m1/s1. The number of aromatic nitrogens is 2. The number of imidazole rings is 1. The molecular weight excluding hydrogens is 382 g/mol. The van der Waals surface area contributed by atoms with Crippen LogP contribution in [0.15, 0.2) is 59.8 Å². The van der Waals surface area contributed by atoms with Crippen molar-refractivity contribution in [2.24, 2.45) is 5.92 Å². The van der Waals surface area contributed by atoms with Gasteiger partial charge < -0.3 is 9.88 Å². The lowest BCUT2D eigenvalue weighted by Crippen LogP contribution is -2.42. The van der Waals surface area contributed by atoms with Gasteiger partial charge in [-0.05, 0) is 37.0 Å². The normalized spacial score (nSPS) is 12.3. The number of hydrogen-bond acceptors (Lipinski definition) is 4. The van der Waals surface area contributed by atoms with E-state index < -0.39 is 6.04 Å². The van der Waals surface area contributed by atoms with Crippen LogP contribution in [0, 0.1) is 5.92 Å². The first kappa shape index (κ1) is 21.1. The third-order valence-electron chi connectivity index (χ3n) is 4.61. The van der Waals surface area contributed by atoms with Gasteiger partial charge in [0.05, 0.1) is 22.8 Å². The molecule has 0 fully saturated rings. The summed E-state index contributed by atoms with van der Waals surface area (Å²) < 4.78 is 2.17. The molecule has 5 nitrogen and oxygen atoms in total. The van der Waals surface area contributed by atoms with E-state index in [4.69, 9.17) is 4.98 Å². The van der Waals surface area contributed by atoms with Crippen LogP contribution in [0.25, 0.3) is 11.0 Å². The van der Waals surface area contributed by atoms with E-state index in [0.29, 0.717) is 12.3 Å². The van der Waals surface area contributed by atoms with E-state index in [1.54, 1.807) is 0 Å². The Hall–Kier alpha value is -2.60. The first-order valence-electron chi connectivity index (χ1n) is 9.86. The smallest absolute Gasteiger partial charge is 0.231 e. The molecule has 0 radical (unpaired) electrons. The molecule has 0 aliphatic rings. The molecule has 0 saturated heterocycles. The number of para-hydroxylation sites is 2. The Bertz CT molecular complexity index is 982. The number of nitrogens with one attached hydrogen (secondary N) is 1. The lowest BCUT2D eigenvalue weighted by atomic mass is 10.0. The number of Topliss-reactive ketones (excluding diaryl/α,β-unsaturated/α-hetero) is 1. The zero-order chi connectivity index (χ0) is 20.8. The number of ketones is 1. The minimum Gasteiger partial charge on any atom is -0.345 e. The molecule has 1 N–H and O–H groups in total. The summed E-state index contributed by atoms with van der Waals surface area (Å²) >= 11 is 1.41. The van der Waals surface area contributed by atoms with Crippen LogP contribution in [0.1, 0.15) is 26.3 Å². The van der Waals surface area contributed by atoms with Gasteiger partial charge in [0, 0.05) is 6.54 Å². The summed E-state index contributed by atoms with van der Waals surface area (Å²) in [5.74, 6) is 0.488. The zero-order valence-corrected chi connectivity index (χ0v) is 17.9. The number of nitrogens with zero attached hydrogens (tertiary/aromatic N) is 2. The lowest BCUT2D eigenvalue weighted by Gasteiger charge is -2.16. The Morgan fingerprint density at radius 3 is 2.45 bits per heavy atom. The third-order valence-corrected chi connectivity index (χ3v) is 5.58. The monoisotopic (exact) mass is 409 g/mol. The Labute approximate surface area is 175 Å². The van der Waals surface area contributed by atoms with Crippen LogP contribution >= 0.6 is 11.8 Å². The SMILES string of the molecule is CC(=O)[C@@H](Cc1ccccc1)NC(=O)CSc1nc2ccccc2n1CC(C)C. The lowest BCUT2D eigenvalue weighted by molar-refractivity contribution is -0.125. The number of rotatable bonds is 9. The Kier molecular flexibility index (Phi) is 7.09. The minimum absolute atomic E-state index is 0.0424. The molecule has 0 saturated carbocycles. The second-order valence-electron chi connectivity index (χ2n) is 7.60. The minimum atomic E-state index is -0.514. The van der Waals surface area contributed by atoms with E-state index in [0.717, 1.165) is 28.3 Å². The summed E-state index contributed by atoms with van der Waals surface area (Å²) in [5.41, 5.74) is 3.04. The molecule has 29 heavy (non-hydrogen) atoms. The van der Waals surface area contributed by atoms with Gasteiger partial charge in [-0.3, -0.25) is 9.59 Å². The van der Waals surface area contributed by atoms with Gasteiger partial charge in [-0.15, -0.1) is 0 Å². The fraction of sp³-hybridized carbons (Fsp3) is 0.348. The Morgan fingerprint density at radius 2 is 1.76 bits per heavy atom. The molecule has 0 aliphatic heterocycles. The van der Waals surface area contributed by atoms with Crippen molar-refractivity contribution in [3.63, 3.8) is 0 Å². The van der Waals surface area contributed by atoms with Gasteiger partial charge in [-0.2, -0.15) is 0 Å². The molecule has 0 unspecified atom stereocenters. The van der Waals surface area contributed by atoms with E-state index in [-0.39, 0.29) is 17.4 Å². The van der Waals surface area contributed by atoms with Crippen LogP contribution in [-0.4, -0.2) is 33.0 Å². The van der Waals surface area contributed by atoms with Gasteiger partial charge in [0.15, 0.2) is 10.9 Å². The van der Waals surface area contributed by atoms with E-state index in [2.05, 4.69) is 29.8 Å². The summed E-state index contributed by atoms with van der Waals surface area (Å²) in [4.78, 5) is 29.3. The average molecular weight is 410 g/mol. The number of amides is 1. The molecule has 3 aromatic rings. The highest BCUT2D eigenvalue weighted by Crippen LogP contribution is 2.25. The van der Waals surface area contributed by atoms with Gasteiger partial charge in [0.2, 0.25) is 5.91 Å². The highest BCUT2D eigenvalue weighted by Gasteiger charge is 2.19. The van der Waals surface area contributed by atoms with Crippen molar-refractivity contribution in [2.45, 2.75) is 44.9 Å². The van der Waals surface area contributed by atoms with Crippen molar-refractivity contribution >= 4 is 34.5 Å². The quantitative estimate of drug-likeness (QED) is 0.541. The van der Waals surface area contributed by atoms with Gasteiger partial charge in [0.1, 0.15) is 0 Å². The maximum Gasteiger partial charge on any atom is 0.231 e. The van der Waals surface area contributed by atoms with Crippen molar-refractivity contribution in [2.75, 3.05) is 5.75 Å². The second kappa shape index (κ2) is 9.74. The predicted molar refractivity (Wildman–Crippen MR) is 118 cm³/mol. The van der Waals surface area contributed by atoms with Crippen molar-refractivity contribution in [1.82, 2.24) is 14.9 Å². The topological polar surface area (TPSA) is 64.0 Å². The number of carbonyl (C=O) groups is 2. The van der Waals surface area contributed by atoms with Crippen molar-refractivity contribution in [1.29, 1.82) is 0 Å². The van der Waals surface area contributed by atoms with Crippen LogP contribution < -0.4 is 5.32 Å². The zero-order valence-electron chi connectivity index (χ0n) is 17.1. The number of benzene rings is 2. The van der Waals surface area contributed by atoms with Crippen molar-refractivity contribution in [3.05, 3.63) is 60.2 Å². The highest BCUT2D eigenvalue weighted by atomic mass is 32.2. The highest BCUT2D eigenvalue weighted by molar-refractivity contribution is 7.99. The van der Waals surface area contributed by atoms with Crippen molar-refractivity contribution in [3.8, 4) is 0 Å². The van der Waals surface area contributed by atoms with E-state index >= 15 is 0 Å². The maximum atomic E-state index is 12.5.